The molecule has 0 aliphatic heterocycles. The number of carboxylic acids is 1. The van der Waals surface area contributed by atoms with Crippen molar-refractivity contribution in [3.63, 3.8) is 0 Å². The third kappa shape index (κ3) is 4.26. The topological polar surface area (TPSA) is 80.4 Å². The first-order valence-corrected chi connectivity index (χ1v) is 8.64. The molecule has 0 saturated carbocycles. The second kappa shape index (κ2) is 7.96. The molecule has 1 aromatic heterocycles. The quantitative estimate of drug-likeness (QED) is 0.525. The van der Waals surface area contributed by atoms with Crippen molar-refractivity contribution >= 4 is 35.5 Å². The summed E-state index contributed by atoms with van der Waals surface area (Å²) in [6.07, 6.45) is 2.95. The second-order valence-electron chi connectivity index (χ2n) is 4.98. The molecule has 1 heterocycles. The van der Waals surface area contributed by atoms with Crippen molar-refractivity contribution in [1.82, 2.24) is 14.9 Å². The van der Waals surface area contributed by atoms with Crippen molar-refractivity contribution in [2.24, 2.45) is 5.10 Å². The molecule has 3 aromatic rings. The van der Waals surface area contributed by atoms with Gasteiger partial charge in [0, 0.05) is 16.3 Å². The minimum Gasteiger partial charge on any atom is -0.478 e. The van der Waals surface area contributed by atoms with Gasteiger partial charge in [-0.25, -0.2) is 4.79 Å². The largest absolute Gasteiger partial charge is 0.478 e. The summed E-state index contributed by atoms with van der Waals surface area (Å²) in [5, 5.41) is 22.6. The van der Waals surface area contributed by atoms with Crippen LogP contribution in [-0.2, 0) is 5.75 Å². The van der Waals surface area contributed by atoms with Gasteiger partial charge in [0.25, 0.3) is 0 Å². The van der Waals surface area contributed by atoms with Gasteiger partial charge in [-0.05, 0) is 17.7 Å². The monoisotopic (exact) mass is 372 g/mol. The van der Waals surface area contributed by atoms with Crippen LogP contribution in [0.2, 0.25) is 5.02 Å². The zero-order valence-corrected chi connectivity index (χ0v) is 14.5. The van der Waals surface area contributed by atoms with Gasteiger partial charge >= 0.3 is 5.97 Å². The molecule has 1 N–H and O–H groups in total. The Hall–Kier alpha value is -2.64. The van der Waals surface area contributed by atoms with Crippen LogP contribution < -0.4 is 0 Å². The molecule has 126 valence electrons. The lowest BCUT2D eigenvalue weighted by Gasteiger charge is -2.03. The van der Waals surface area contributed by atoms with Crippen molar-refractivity contribution in [3.05, 3.63) is 76.6 Å². The molecule has 0 radical (unpaired) electrons. The lowest BCUT2D eigenvalue weighted by molar-refractivity contribution is 0.0697. The van der Waals surface area contributed by atoms with E-state index < -0.39 is 5.97 Å². The maximum atomic E-state index is 11.2. The second-order valence-corrected chi connectivity index (χ2v) is 6.32. The molecule has 3 rings (SSSR count). The molecular formula is C17H13ClN4O2S. The summed E-state index contributed by atoms with van der Waals surface area (Å²) in [5.74, 6) is -0.376. The molecule has 8 heteroatoms. The summed E-state index contributed by atoms with van der Waals surface area (Å²) in [7, 11) is 0. The van der Waals surface area contributed by atoms with Crippen molar-refractivity contribution in [3.8, 4) is 0 Å². The number of carboxylic acid groups (broad SMARTS) is 1. The van der Waals surface area contributed by atoms with Gasteiger partial charge in [-0.1, -0.05) is 59.8 Å². The van der Waals surface area contributed by atoms with E-state index in [-0.39, 0.29) is 5.56 Å². The van der Waals surface area contributed by atoms with Gasteiger partial charge in [0.05, 0.1) is 11.8 Å². The Morgan fingerprint density at radius 3 is 2.80 bits per heavy atom. The third-order valence-electron chi connectivity index (χ3n) is 3.33. The fraction of sp³-hybridized carbons (Fsp3) is 0.0588. The summed E-state index contributed by atoms with van der Waals surface area (Å²) in [4.78, 5) is 11.2. The lowest BCUT2D eigenvalue weighted by atomic mass is 10.1. The first-order valence-electron chi connectivity index (χ1n) is 7.28. The van der Waals surface area contributed by atoms with Crippen molar-refractivity contribution in [1.29, 1.82) is 0 Å². The molecule has 0 aliphatic carbocycles. The van der Waals surface area contributed by atoms with Crippen LogP contribution in [0.5, 0.6) is 0 Å². The van der Waals surface area contributed by atoms with Crippen LogP contribution >= 0.6 is 23.4 Å². The summed E-state index contributed by atoms with van der Waals surface area (Å²) in [6.45, 7) is 0. The normalized spacial score (nSPS) is 11.1. The predicted octanol–water partition coefficient (Wildman–Crippen LogP) is 3.80. The zero-order valence-electron chi connectivity index (χ0n) is 12.9. The highest BCUT2D eigenvalue weighted by molar-refractivity contribution is 7.98. The number of benzene rings is 2. The number of aromatic nitrogens is 3. The van der Waals surface area contributed by atoms with Crippen molar-refractivity contribution in [2.45, 2.75) is 10.9 Å². The Bertz CT molecular complexity index is 926. The molecule has 0 saturated heterocycles. The van der Waals surface area contributed by atoms with E-state index >= 15 is 0 Å². The average Bonchev–Trinajstić information content (AvgIpc) is 3.07. The van der Waals surface area contributed by atoms with Crippen LogP contribution in [0.15, 0.2) is 65.1 Å². The summed E-state index contributed by atoms with van der Waals surface area (Å²) in [5.41, 5.74) is 1.68. The molecule has 2 aromatic carbocycles. The Morgan fingerprint density at radius 1 is 1.24 bits per heavy atom. The smallest absolute Gasteiger partial charge is 0.336 e. The van der Waals surface area contributed by atoms with Gasteiger partial charge in [-0.3, -0.25) is 0 Å². The molecule has 0 unspecified atom stereocenters. The summed E-state index contributed by atoms with van der Waals surface area (Å²) in [6, 6.07) is 14.2. The molecule has 0 bridgehead atoms. The number of hydrogen-bond donors (Lipinski definition) is 1. The van der Waals surface area contributed by atoms with Gasteiger partial charge in [0.15, 0.2) is 0 Å². The van der Waals surface area contributed by atoms with Crippen molar-refractivity contribution in [2.75, 3.05) is 0 Å². The number of thioether (sulfide) groups is 1. The fourth-order valence-corrected chi connectivity index (χ4v) is 3.23. The van der Waals surface area contributed by atoms with Gasteiger partial charge in [0.1, 0.15) is 6.33 Å². The van der Waals surface area contributed by atoms with Crippen LogP contribution in [0.4, 0.5) is 0 Å². The van der Waals surface area contributed by atoms with E-state index in [1.165, 1.54) is 35.0 Å². The van der Waals surface area contributed by atoms with Crippen LogP contribution in [-0.4, -0.2) is 32.2 Å². The van der Waals surface area contributed by atoms with E-state index in [2.05, 4.69) is 15.3 Å². The Kier molecular flexibility index (Phi) is 5.47. The van der Waals surface area contributed by atoms with E-state index in [4.69, 9.17) is 11.6 Å². The highest BCUT2D eigenvalue weighted by Gasteiger charge is 2.09. The van der Waals surface area contributed by atoms with E-state index in [0.29, 0.717) is 21.5 Å². The molecular weight excluding hydrogens is 360 g/mol. The van der Waals surface area contributed by atoms with E-state index in [1.54, 1.807) is 18.2 Å². The molecule has 0 spiro atoms. The molecule has 0 fully saturated rings. The Morgan fingerprint density at radius 2 is 2.00 bits per heavy atom. The summed E-state index contributed by atoms with van der Waals surface area (Å²) < 4.78 is 1.50. The third-order valence-corrected chi connectivity index (χ3v) is 4.68. The van der Waals surface area contributed by atoms with Gasteiger partial charge in [-0.15, -0.1) is 10.2 Å². The lowest BCUT2D eigenvalue weighted by Crippen LogP contribution is -2.02. The molecule has 0 atom stereocenters. The molecule has 0 amide bonds. The fourth-order valence-electron chi connectivity index (χ4n) is 2.08. The minimum atomic E-state index is -1.00. The first-order chi connectivity index (χ1) is 12.1. The number of hydrogen-bond acceptors (Lipinski definition) is 5. The SMILES string of the molecule is O=C(O)c1ccccc1/C=N\n1cnnc1SCc1ccccc1Cl. The molecule has 25 heavy (non-hydrogen) atoms. The number of aromatic carboxylic acids is 1. The van der Waals surface area contributed by atoms with Crippen molar-refractivity contribution < 1.29 is 9.90 Å². The summed E-state index contributed by atoms with van der Waals surface area (Å²) >= 11 is 7.59. The predicted molar refractivity (Wildman–Crippen MR) is 97.4 cm³/mol. The van der Waals surface area contributed by atoms with Crippen LogP contribution in [0.25, 0.3) is 0 Å². The molecule has 6 nitrogen and oxygen atoms in total. The highest BCUT2D eigenvalue weighted by atomic mass is 35.5. The van der Waals surface area contributed by atoms with Gasteiger partial charge < -0.3 is 5.11 Å². The maximum absolute atomic E-state index is 11.2. The number of halogens is 1. The van der Waals surface area contributed by atoms with Gasteiger partial charge in [0.2, 0.25) is 5.16 Å². The number of rotatable bonds is 6. The maximum Gasteiger partial charge on any atom is 0.336 e. The van der Waals surface area contributed by atoms with E-state index in [9.17, 15) is 9.90 Å². The molecule has 0 aliphatic rings. The zero-order chi connectivity index (χ0) is 17.6. The number of carbonyl (C=O) groups is 1. The van der Waals surface area contributed by atoms with Crippen LogP contribution in [0.3, 0.4) is 0 Å². The van der Waals surface area contributed by atoms with Gasteiger partial charge in [-0.2, -0.15) is 9.78 Å². The first kappa shape index (κ1) is 17.2. The van der Waals surface area contributed by atoms with E-state index in [0.717, 1.165) is 5.56 Å². The standard InChI is InChI=1S/C17H13ClN4O2S/c18-15-8-4-2-6-13(15)10-25-17-21-19-11-22(17)20-9-12-5-1-3-7-14(12)16(23)24/h1-9,11H,10H2,(H,23,24)/b20-9-. The minimum absolute atomic E-state index is 0.185. The number of nitrogens with zero attached hydrogens (tertiary/aromatic N) is 4. The van der Waals surface area contributed by atoms with Crippen LogP contribution in [0.1, 0.15) is 21.5 Å². The van der Waals surface area contributed by atoms with E-state index in [1.807, 2.05) is 24.3 Å². The highest BCUT2D eigenvalue weighted by Crippen LogP contribution is 2.25. The Balaban J connectivity index is 1.76. The van der Waals surface area contributed by atoms with Crippen LogP contribution in [0, 0.1) is 0 Å². The Labute approximate surface area is 153 Å². The average molecular weight is 373 g/mol.